The maximum atomic E-state index is 13.0. The van der Waals surface area contributed by atoms with Gasteiger partial charge in [-0.15, -0.1) is 0 Å². The molecule has 2 saturated carbocycles. The van der Waals surface area contributed by atoms with Crippen molar-refractivity contribution < 1.29 is 23.7 Å². The van der Waals surface area contributed by atoms with Gasteiger partial charge in [0.05, 0.1) is 38.4 Å². The van der Waals surface area contributed by atoms with Crippen molar-refractivity contribution in [2.75, 3.05) is 20.8 Å². The largest absolute Gasteiger partial charge is 0.493 e. The lowest BCUT2D eigenvalue weighted by Gasteiger charge is -2.36. The number of unbranched alkanes of at least 4 members (excludes halogenated alkanes) is 1. The summed E-state index contributed by atoms with van der Waals surface area (Å²) in [6.07, 6.45) is 8.61. The van der Waals surface area contributed by atoms with Gasteiger partial charge in [0, 0.05) is 12.3 Å². The van der Waals surface area contributed by atoms with Gasteiger partial charge in [-0.3, -0.25) is 4.79 Å². The van der Waals surface area contributed by atoms with Crippen molar-refractivity contribution in [3.8, 4) is 29.1 Å². The molecule has 2 atom stereocenters. The molecule has 0 radical (unpaired) electrons. The molecule has 0 N–H and O–H groups in total. The quantitative estimate of drug-likeness (QED) is 0.321. The van der Waals surface area contributed by atoms with Crippen LogP contribution in [0, 0.1) is 17.2 Å². The number of carbonyl (C=O) groups excluding carboxylic acids is 1. The Morgan fingerprint density at radius 2 is 1.76 bits per heavy atom. The standard InChI is InChI=1S/C31H39NO5/c1-4-5-16-36-28-12-10-22(18-29(28)35-3)17-23-20-31(21-32,15-14-26(23)33)24-11-13-27(34-2)30(19-24)37-25-8-6-7-9-25/h10-13,18-19,23,25H,4-9,14-17,20H2,1-3H3. The molecule has 2 aromatic carbocycles. The maximum absolute atomic E-state index is 13.0. The Labute approximate surface area is 220 Å². The number of nitrogens with zero attached hydrogens (tertiary/aromatic N) is 1. The molecule has 6 heteroatoms. The van der Waals surface area contributed by atoms with Gasteiger partial charge in [0.2, 0.25) is 0 Å². The molecule has 37 heavy (non-hydrogen) atoms. The minimum Gasteiger partial charge on any atom is -0.493 e. The van der Waals surface area contributed by atoms with Crippen molar-refractivity contribution in [2.24, 2.45) is 5.92 Å². The smallest absolute Gasteiger partial charge is 0.161 e. The molecule has 4 rings (SSSR count). The fourth-order valence-corrected chi connectivity index (χ4v) is 5.61. The van der Waals surface area contributed by atoms with E-state index in [1.165, 1.54) is 12.8 Å². The summed E-state index contributed by atoms with van der Waals surface area (Å²) < 4.78 is 23.3. The van der Waals surface area contributed by atoms with E-state index in [1.54, 1.807) is 14.2 Å². The third-order valence-electron chi connectivity index (χ3n) is 7.84. The molecule has 2 aromatic rings. The van der Waals surface area contributed by atoms with Crippen LogP contribution in [0.5, 0.6) is 23.0 Å². The average Bonchev–Trinajstić information content (AvgIpc) is 3.44. The molecule has 2 unspecified atom stereocenters. The summed E-state index contributed by atoms with van der Waals surface area (Å²) in [6.45, 7) is 2.77. The van der Waals surface area contributed by atoms with Crippen LogP contribution >= 0.6 is 0 Å². The van der Waals surface area contributed by atoms with Crippen molar-refractivity contribution in [1.82, 2.24) is 0 Å². The maximum Gasteiger partial charge on any atom is 0.161 e. The van der Waals surface area contributed by atoms with Crippen molar-refractivity contribution in [1.29, 1.82) is 5.26 Å². The Balaban J connectivity index is 1.55. The van der Waals surface area contributed by atoms with Crippen LogP contribution in [0.15, 0.2) is 36.4 Å². The molecule has 198 valence electrons. The second kappa shape index (κ2) is 12.4. The van der Waals surface area contributed by atoms with Gasteiger partial charge in [-0.1, -0.05) is 25.5 Å². The van der Waals surface area contributed by atoms with E-state index in [1.807, 2.05) is 36.4 Å². The number of benzene rings is 2. The predicted molar refractivity (Wildman–Crippen MR) is 143 cm³/mol. The summed E-state index contributed by atoms with van der Waals surface area (Å²) in [4.78, 5) is 13.0. The molecule has 2 aliphatic carbocycles. The third-order valence-corrected chi connectivity index (χ3v) is 7.84. The average molecular weight is 506 g/mol. The van der Waals surface area contributed by atoms with E-state index in [0.29, 0.717) is 55.3 Å². The first-order valence-electron chi connectivity index (χ1n) is 13.6. The molecule has 0 spiro atoms. The number of nitriles is 1. The number of Topliss-reactive ketones (excluding diaryl/α,β-unsaturated/α-hetero) is 1. The first kappa shape index (κ1) is 26.9. The van der Waals surface area contributed by atoms with Crippen molar-refractivity contribution in [2.45, 2.75) is 82.7 Å². The molecule has 2 fully saturated rings. The van der Waals surface area contributed by atoms with Gasteiger partial charge >= 0.3 is 0 Å². The molecular weight excluding hydrogens is 466 g/mol. The number of hydrogen-bond donors (Lipinski definition) is 0. The van der Waals surface area contributed by atoms with Gasteiger partial charge in [-0.25, -0.2) is 0 Å². The highest BCUT2D eigenvalue weighted by Crippen LogP contribution is 2.44. The van der Waals surface area contributed by atoms with Crippen molar-refractivity contribution in [3.05, 3.63) is 47.5 Å². The SMILES string of the molecule is CCCCOc1ccc(CC2CC(C#N)(c3ccc(OC)c(OC4CCCC4)c3)CCC2=O)cc1OC. The van der Waals surface area contributed by atoms with Crippen molar-refractivity contribution >= 4 is 5.78 Å². The highest BCUT2D eigenvalue weighted by Gasteiger charge is 2.42. The van der Waals surface area contributed by atoms with E-state index in [2.05, 4.69) is 13.0 Å². The van der Waals surface area contributed by atoms with E-state index in [-0.39, 0.29) is 17.8 Å². The van der Waals surface area contributed by atoms with Gasteiger partial charge in [0.15, 0.2) is 23.0 Å². The number of hydrogen-bond acceptors (Lipinski definition) is 6. The lowest BCUT2D eigenvalue weighted by Crippen LogP contribution is -2.37. The highest BCUT2D eigenvalue weighted by atomic mass is 16.5. The fraction of sp³-hybridized carbons (Fsp3) is 0.548. The van der Waals surface area contributed by atoms with Crippen LogP contribution < -0.4 is 18.9 Å². The summed E-state index contributed by atoms with van der Waals surface area (Å²) in [5, 5.41) is 10.4. The van der Waals surface area contributed by atoms with Crippen LogP contribution in [0.1, 0.15) is 75.8 Å². The van der Waals surface area contributed by atoms with E-state index in [9.17, 15) is 10.1 Å². The van der Waals surface area contributed by atoms with Crippen LogP contribution in [-0.4, -0.2) is 32.7 Å². The van der Waals surface area contributed by atoms with E-state index in [4.69, 9.17) is 18.9 Å². The second-order valence-electron chi connectivity index (χ2n) is 10.3. The van der Waals surface area contributed by atoms with Crippen LogP contribution in [0.3, 0.4) is 0 Å². The fourth-order valence-electron chi connectivity index (χ4n) is 5.61. The van der Waals surface area contributed by atoms with Gasteiger partial charge < -0.3 is 18.9 Å². The first-order valence-corrected chi connectivity index (χ1v) is 13.6. The summed E-state index contributed by atoms with van der Waals surface area (Å²) in [6, 6.07) is 14.3. The molecule has 0 saturated heterocycles. The molecule has 0 heterocycles. The molecule has 2 aliphatic rings. The minimum absolute atomic E-state index is 0.187. The Morgan fingerprint density at radius 1 is 1.00 bits per heavy atom. The van der Waals surface area contributed by atoms with Crippen LogP contribution in [0.25, 0.3) is 0 Å². The predicted octanol–water partition coefficient (Wildman–Crippen LogP) is 6.58. The zero-order chi connectivity index (χ0) is 26.3. The lowest BCUT2D eigenvalue weighted by atomic mass is 9.65. The number of ether oxygens (including phenoxy) is 4. The highest BCUT2D eigenvalue weighted by molar-refractivity contribution is 5.83. The number of rotatable bonds is 11. The van der Waals surface area contributed by atoms with Crippen molar-refractivity contribution in [3.63, 3.8) is 0 Å². The normalized spacial score (nSPS) is 21.9. The zero-order valence-electron chi connectivity index (χ0n) is 22.4. The molecular formula is C31H39NO5. The number of carbonyl (C=O) groups is 1. The van der Waals surface area contributed by atoms with Crippen LogP contribution in [-0.2, 0) is 16.6 Å². The summed E-state index contributed by atoms with van der Waals surface area (Å²) in [5.74, 6) is 2.73. The minimum atomic E-state index is -0.744. The molecule has 6 nitrogen and oxygen atoms in total. The Morgan fingerprint density at radius 3 is 2.46 bits per heavy atom. The summed E-state index contributed by atoms with van der Waals surface area (Å²) >= 11 is 0. The Hall–Kier alpha value is -3.20. The van der Waals surface area contributed by atoms with Gasteiger partial charge in [-0.2, -0.15) is 5.26 Å². The number of ketones is 1. The zero-order valence-corrected chi connectivity index (χ0v) is 22.4. The summed E-state index contributed by atoms with van der Waals surface area (Å²) in [7, 11) is 3.27. The topological polar surface area (TPSA) is 77.8 Å². The van der Waals surface area contributed by atoms with Crippen LogP contribution in [0.2, 0.25) is 0 Å². The molecule has 0 aliphatic heterocycles. The molecule has 0 amide bonds. The lowest BCUT2D eigenvalue weighted by molar-refractivity contribution is -0.125. The monoisotopic (exact) mass is 505 g/mol. The Bertz CT molecular complexity index is 1120. The van der Waals surface area contributed by atoms with Gasteiger partial charge in [0.25, 0.3) is 0 Å². The second-order valence-corrected chi connectivity index (χ2v) is 10.3. The number of methoxy groups -OCH3 is 2. The van der Waals surface area contributed by atoms with Gasteiger partial charge in [0.1, 0.15) is 5.78 Å². The molecule has 0 bridgehead atoms. The van der Waals surface area contributed by atoms with Crippen LogP contribution in [0.4, 0.5) is 0 Å². The third kappa shape index (κ3) is 6.21. The van der Waals surface area contributed by atoms with E-state index >= 15 is 0 Å². The van der Waals surface area contributed by atoms with Gasteiger partial charge in [-0.05, 0) is 86.8 Å². The van der Waals surface area contributed by atoms with E-state index < -0.39 is 5.41 Å². The summed E-state index contributed by atoms with van der Waals surface area (Å²) in [5.41, 5.74) is 1.16. The van der Waals surface area contributed by atoms with E-state index in [0.717, 1.165) is 36.8 Å². The Kier molecular flexibility index (Phi) is 8.97. The first-order chi connectivity index (χ1) is 18.0. The molecule has 0 aromatic heterocycles.